The Kier molecular flexibility index (Phi) is 3.84. The summed E-state index contributed by atoms with van der Waals surface area (Å²) < 4.78 is 5.31. The fourth-order valence-corrected chi connectivity index (χ4v) is 2.28. The minimum Gasteiger partial charge on any atom is -0.468 e. The highest BCUT2D eigenvalue weighted by molar-refractivity contribution is 5.81. The predicted octanol–water partition coefficient (Wildman–Crippen LogP) is 1.94. The Morgan fingerprint density at radius 1 is 1.41 bits per heavy atom. The summed E-state index contributed by atoms with van der Waals surface area (Å²) in [6, 6.07) is 3.69. The van der Waals surface area contributed by atoms with E-state index in [4.69, 9.17) is 4.42 Å². The number of amides is 1. The number of furan rings is 1. The van der Waals surface area contributed by atoms with Crippen LogP contribution in [0.15, 0.2) is 22.8 Å². The first-order valence-corrected chi connectivity index (χ1v) is 6.26. The summed E-state index contributed by atoms with van der Waals surface area (Å²) in [5, 5.41) is 3.27. The molecule has 1 N–H and O–H groups in total. The molecule has 1 aliphatic rings. The molecule has 1 aromatic heterocycles. The fourth-order valence-electron chi connectivity index (χ4n) is 2.28. The van der Waals surface area contributed by atoms with Gasteiger partial charge in [0.2, 0.25) is 5.91 Å². The van der Waals surface area contributed by atoms with Crippen molar-refractivity contribution in [3.8, 4) is 0 Å². The highest BCUT2D eigenvalue weighted by Crippen LogP contribution is 2.15. The van der Waals surface area contributed by atoms with Crippen LogP contribution in [0.3, 0.4) is 0 Å². The summed E-state index contributed by atoms with van der Waals surface area (Å²) in [5.74, 6) is 1.06. The smallest absolute Gasteiger partial charge is 0.239 e. The number of rotatable bonds is 4. The van der Waals surface area contributed by atoms with E-state index in [1.807, 2.05) is 30.9 Å². The van der Waals surface area contributed by atoms with Gasteiger partial charge in [0.1, 0.15) is 5.76 Å². The topological polar surface area (TPSA) is 45.5 Å². The Morgan fingerprint density at radius 2 is 2.12 bits per heavy atom. The lowest BCUT2D eigenvalue weighted by molar-refractivity contribution is -0.132. The van der Waals surface area contributed by atoms with Gasteiger partial charge < -0.3 is 9.32 Å². The van der Waals surface area contributed by atoms with Crippen LogP contribution in [0, 0.1) is 0 Å². The quantitative estimate of drug-likeness (QED) is 0.869. The second-order valence-electron chi connectivity index (χ2n) is 4.66. The lowest BCUT2D eigenvalue weighted by atomic mass is 10.2. The van der Waals surface area contributed by atoms with Gasteiger partial charge in [-0.15, -0.1) is 0 Å². The Morgan fingerprint density at radius 3 is 2.71 bits per heavy atom. The van der Waals surface area contributed by atoms with Crippen LogP contribution in [0.1, 0.15) is 38.5 Å². The normalized spacial score (nSPS) is 19.3. The Labute approximate surface area is 102 Å². The van der Waals surface area contributed by atoms with E-state index in [9.17, 15) is 4.79 Å². The van der Waals surface area contributed by atoms with Crippen molar-refractivity contribution < 1.29 is 9.21 Å². The molecule has 1 aliphatic heterocycles. The van der Waals surface area contributed by atoms with Crippen molar-refractivity contribution >= 4 is 5.91 Å². The van der Waals surface area contributed by atoms with Crippen LogP contribution < -0.4 is 5.32 Å². The number of nitrogens with zero attached hydrogens (tertiary/aromatic N) is 1. The average molecular weight is 236 g/mol. The minimum atomic E-state index is -0.159. The second-order valence-corrected chi connectivity index (χ2v) is 4.66. The van der Waals surface area contributed by atoms with Gasteiger partial charge in [-0.05, 0) is 38.8 Å². The molecule has 0 spiro atoms. The first kappa shape index (κ1) is 12.2. The summed E-state index contributed by atoms with van der Waals surface area (Å²) in [6.07, 6.45) is 3.92. The van der Waals surface area contributed by atoms with Crippen LogP contribution in [0.25, 0.3) is 0 Å². The molecular formula is C13H20N2O2. The standard InChI is InChI=1S/C13H20N2O2/c1-10(12-6-5-9-17-12)14-11(2)13(16)15-7-3-4-8-15/h5-6,9-11,14H,3-4,7-8H2,1-2H3/t10-,11?/m0/s1. The Hall–Kier alpha value is -1.29. The highest BCUT2D eigenvalue weighted by Gasteiger charge is 2.24. The molecule has 0 aromatic carbocycles. The van der Waals surface area contributed by atoms with Crippen molar-refractivity contribution in [2.75, 3.05) is 13.1 Å². The number of likely N-dealkylation sites (tertiary alicyclic amines) is 1. The van der Waals surface area contributed by atoms with E-state index in [1.165, 1.54) is 0 Å². The predicted molar refractivity (Wildman–Crippen MR) is 65.5 cm³/mol. The first-order chi connectivity index (χ1) is 8.18. The van der Waals surface area contributed by atoms with Gasteiger partial charge in [-0.2, -0.15) is 0 Å². The third kappa shape index (κ3) is 2.88. The van der Waals surface area contributed by atoms with E-state index < -0.39 is 0 Å². The van der Waals surface area contributed by atoms with Crippen LogP contribution in [-0.4, -0.2) is 29.9 Å². The van der Waals surface area contributed by atoms with Gasteiger partial charge >= 0.3 is 0 Å². The maximum Gasteiger partial charge on any atom is 0.239 e. The molecule has 2 atom stereocenters. The zero-order valence-corrected chi connectivity index (χ0v) is 10.5. The molecular weight excluding hydrogens is 216 g/mol. The SMILES string of the molecule is CC(N[C@@H](C)c1ccco1)C(=O)N1CCCC1. The zero-order chi connectivity index (χ0) is 12.3. The van der Waals surface area contributed by atoms with E-state index in [0.29, 0.717) is 0 Å². The van der Waals surface area contributed by atoms with E-state index in [2.05, 4.69) is 5.32 Å². The van der Waals surface area contributed by atoms with Crippen molar-refractivity contribution in [1.82, 2.24) is 10.2 Å². The molecule has 1 saturated heterocycles. The fraction of sp³-hybridized carbons (Fsp3) is 0.615. The summed E-state index contributed by atoms with van der Waals surface area (Å²) >= 11 is 0. The molecule has 1 amide bonds. The Balaban J connectivity index is 1.87. The molecule has 2 heterocycles. The van der Waals surface area contributed by atoms with Crippen molar-refractivity contribution in [2.24, 2.45) is 0 Å². The van der Waals surface area contributed by atoms with Crippen LogP contribution >= 0.6 is 0 Å². The molecule has 4 nitrogen and oxygen atoms in total. The van der Waals surface area contributed by atoms with Gasteiger partial charge in [0.05, 0.1) is 18.3 Å². The monoisotopic (exact) mass is 236 g/mol. The first-order valence-electron chi connectivity index (χ1n) is 6.26. The van der Waals surface area contributed by atoms with E-state index in [0.717, 1.165) is 31.7 Å². The molecule has 4 heteroatoms. The summed E-state index contributed by atoms with van der Waals surface area (Å²) in [4.78, 5) is 14.0. The molecule has 1 unspecified atom stereocenters. The van der Waals surface area contributed by atoms with Crippen LogP contribution in [-0.2, 0) is 4.79 Å². The molecule has 0 radical (unpaired) electrons. The number of carbonyl (C=O) groups is 1. The molecule has 1 aromatic rings. The molecule has 17 heavy (non-hydrogen) atoms. The number of carbonyl (C=O) groups excluding carboxylic acids is 1. The third-order valence-corrected chi connectivity index (χ3v) is 3.26. The van der Waals surface area contributed by atoms with Gasteiger partial charge in [-0.3, -0.25) is 10.1 Å². The van der Waals surface area contributed by atoms with Crippen molar-refractivity contribution in [3.63, 3.8) is 0 Å². The zero-order valence-electron chi connectivity index (χ0n) is 10.5. The van der Waals surface area contributed by atoms with Gasteiger partial charge in [-0.25, -0.2) is 0 Å². The maximum absolute atomic E-state index is 12.1. The van der Waals surface area contributed by atoms with Gasteiger partial charge in [0.15, 0.2) is 0 Å². The van der Waals surface area contributed by atoms with Crippen molar-refractivity contribution in [2.45, 2.75) is 38.8 Å². The molecule has 0 aliphatic carbocycles. The molecule has 0 saturated carbocycles. The van der Waals surface area contributed by atoms with Gasteiger partial charge in [0.25, 0.3) is 0 Å². The van der Waals surface area contributed by atoms with E-state index in [-0.39, 0.29) is 18.0 Å². The van der Waals surface area contributed by atoms with Crippen LogP contribution in [0.2, 0.25) is 0 Å². The van der Waals surface area contributed by atoms with Gasteiger partial charge in [-0.1, -0.05) is 0 Å². The van der Waals surface area contributed by atoms with Crippen LogP contribution in [0.4, 0.5) is 0 Å². The second kappa shape index (κ2) is 5.36. The maximum atomic E-state index is 12.1. The number of hydrogen-bond acceptors (Lipinski definition) is 3. The molecule has 94 valence electrons. The molecule has 2 rings (SSSR count). The van der Waals surface area contributed by atoms with Gasteiger partial charge in [0, 0.05) is 13.1 Å². The van der Waals surface area contributed by atoms with E-state index >= 15 is 0 Å². The lowest BCUT2D eigenvalue weighted by Crippen LogP contribution is -2.44. The molecule has 0 bridgehead atoms. The largest absolute Gasteiger partial charge is 0.468 e. The van der Waals surface area contributed by atoms with Crippen molar-refractivity contribution in [3.05, 3.63) is 24.2 Å². The third-order valence-electron chi connectivity index (χ3n) is 3.26. The minimum absolute atomic E-state index is 0.0616. The number of nitrogens with one attached hydrogen (secondary N) is 1. The summed E-state index contributed by atoms with van der Waals surface area (Å²) in [6.45, 7) is 5.73. The highest BCUT2D eigenvalue weighted by atomic mass is 16.3. The van der Waals surface area contributed by atoms with Crippen LogP contribution in [0.5, 0.6) is 0 Å². The number of hydrogen-bond donors (Lipinski definition) is 1. The van der Waals surface area contributed by atoms with Crippen molar-refractivity contribution in [1.29, 1.82) is 0 Å². The van der Waals surface area contributed by atoms with E-state index in [1.54, 1.807) is 6.26 Å². The lowest BCUT2D eigenvalue weighted by Gasteiger charge is -2.23. The molecule has 1 fully saturated rings. The Bertz CT molecular complexity index is 356. The summed E-state index contributed by atoms with van der Waals surface area (Å²) in [5.41, 5.74) is 0. The average Bonchev–Trinajstić information content (AvgIpc) is 3.00. The summed E-state index contributed by atoms with van der Waals surface area (Å²) in [7, 11) is 0.